The van der Waals surface area contributed by atoms with Crippen molar-refractivity contribution in [3.05, 3.63) is 41.3 Å². The second kappa shape index (κ2) is 6.21. The molecule has 0 aliphatic carbocycles. The fourth-order valence-corrected chi connectivity index (χ4v) is 4.64. The van der Waals surface area contributed by atoms with Gasteiger partial charge in [0.2, 0.25) is 0 Å². The number of amidine groups is 1. The monoisotopic (exact) mass is 412 g/mol. The highest BCUT2D eigenvalue weighted by molar-refractivity contribution is 6.03. The van der Waals surface area contributed by atoms with Crippen LogP contribution in [0.2, 0.25) is 0 Å². The third-order valence-electron chi connectivity index (χ3n) is 6.56. The van der Waals surface area contributed by atoms with E-state index in [0.29, 0.717) is 43.4 Å². The first-order chi connectivity index (χ1) is 14.3. The highest BCUT2D eigenvalue weighted by Crippen LogP contribution is 2.62. The maximum absolute atomic E-state index is 12.6. The molecule has 1 aromatic heterocycles. The summed E-state index contributed by atoms with van der Waals surface area (Å²) < 4.78 is 22.8. The van der Waals surface area contributed by atoms with Crippen molar-refractivity contribution in [2.24, 2.45) is 16.1 Å². The van der Waals surface area contributed by atoms with Crippen molar-refractivity contribution in [1.29, 1.82) is 0 Å². The summed E-state index contributed by atoms with van der Waals surface area (Å²) in [4.78, 5) is 17.4. The predicted molar refractivity (Wildman–Crippen MR) is 107 cm³/mol. The van der Waals surface area contributed by atoms with Crippen LogP contribution in [0, 0.1) is 5.41 Å². The standard InChI is InChI=1S/C21H24N4O5/c1-4-13-8-15(25-30-13)17(26)23-12-5-6-16-14(7-12)21(11-28-18(22)24-21)20(9-27-10-20)19(2,3)29-16/h5-8H,4,9-11H2,1-3H3,(H2,22,24)(H,23,26). The third-order valence-corrected chi connectivity index (χ3v) is 6.56. The van der Waals surface area contributed by atoms with E-state index in [0.717, 1.165) is 5.56 Å². The third kappa shape index (κ3) is 2.41. The predicted octanol–water partition coefficient (Wildman–Crippen LogP) is 2.22. The molecule has 2 spiro atoms. The molecule has 1 aromatic carbocycles. The van der Waals surface area contributed by atoms with Crippen molar-refractivity contribution >= 4 is 17.6 Å². The molecule has 3 aliphatic heterocycles. The summed E-state index contributed by atoms with van der Waals surface area (Å²) in [5.41, 5.74) is 5.87. The van der Waals surface area contributed by atoms with Crippen LogP contribution in [0.4, 0.5) is 5.69 Å². The number of aliphatic imine (C=N–C) groups is 1. The molecule has 2 aromatic rings. The van der Waals surface area contributed by atoms with E-state index < -0.39 is 16.6 Å². The van der Waals surface area contributed by atoms with Crippen molar-refractivity contribution in [3.8, 4) is 5.75 Å². The molecular formula is C21H24N4O5. The molecule has 9 nitrogen and oxygen atoms in total. The lowest BCUT2D eigenvalue weighted by molar-refractivity contribution is -0.247. The Morgan fingerprint density at radius 1 is 1.23 bits per heavy atom. The topological polar surface area (TPSA) is 121 Å². The summed E-state index contributed by atoms with van der Waals surface area (Å²) in [5.74, 6) is 0.990. The van der Waals surface area contributed by atoms with E-state index in [-0.39, 0.29) is 17.6 Å². The first-order valence-electron chi connectivity index (χ1n) is 9.97. The van der Waals surface area contributed by atoms with E-state index in [1.807, 2.05) is 32.9 Å². The smallest absolute Gasteiger partial charge is 0.283 e. The normalized spacial score (nSPS) is 25.1. The first kappa shape index (κ1) is 18.9. The van der Waals surface area contributed by atoms with E-state index in [9.17, 15) is 4.79 Å². The summed E-state index contributed by atoms with van der Waals surface area (Å²) in [6.45, 7) is 7.26. The molecular weight excluding hydrogens is 388 g/mol. The average Bonchev–Trinajstić information content (AvgIpc) is 3.28. The Kier molecular flexibility index (Phi) is 3.92. The minimum atomic E-state index is -0.754. The number of nitrogens with two attached hydrogens (primary N) is 1. The van der Waals surface area contributed by atoms with Crippen molar-refractivity contribution in [1.82, 2.24) is 5.16 Å². The Morgan fingerprint density at radius 2 is 2.03 bits per heavy atom. The van der Waals surface area contributed by atoms with Crippen LogP contribution in [0.5, 0.6) is 5.75 Å². The number of anilines is 1. The molecule has 1 saturated heterocycles. The number of nitrogens with one attached hydrogen (secondary N) is 1. The van der Waals surface area contributed by atoms with Gasteiger partial charge in [-0.05, 0) is 32.0 Å². The Labute approximate surface area is 173 Å². The number of ether oxygens (including phenoxy) is 3. The van der Waals surface area contributed by atoms with E-state index in [1.165, 1.54) is 0 Å². The van der Waals surface area contributed by atoms with E-state index in [1.54, 1.807) is 12.1 Å². The number of carbonyl (C=O) groups excluding carboxylic acids is 1. The molecule has 158 valence electrons. The van der Waals surface area contributed by atoms with E-state index >= 15 is 0 Å². The molecule has 1 fully saturated rings. The van der Waals surface area contributed by atoms with Crippen molar-refractivity contribution in [3.63, 3.8) is 0 Å². The van der Waals surface area contributed by atoms with Gasteiger partial charge in [0.25, 0.3) is 11.9 Å². The quantitative estimate of drug-likeness (QED) is 0.793. The summed E-state index contributed by atoms with van der Waals surface area (Å²) in [6.07, 6.45) is 0.665. The highest BCUT2D eigenvalue weighted by atomic mass is 16.5. The van der Waals surface area contributed by atoms with Crippen LogP contribution in [0.15, 0.2) is 33.8 Å². The maximum atomic E-state index is 12.6. The minimum absolute atomic E-state index is 0.147. The van der Waals surface area contributed by atoms with Crippen LogP contribution < -0.4 is 15.8 Å². The minimum Gasteiger partial charge on any atom is -0.487 e. The van der Waals surface area contributed by atoms with Gasteiger partial charge in [-0.1, -0.05) is 12.1 Å². The molecule has 1 unspecified atom stereocenters. The van der Waals surface area contributed by atoms with Crippen molar-refractivity contribution in [2.75, 3.05) is 25.1 Å². The van der Waals surface area contributed by atoms with Gasteiger partial charge in [0.05, 0.1) is 18.6 Å². The van der Waals surface area contributed by atoms with Gasteiger partial charge in [-0.15, -0.1) is 0 Å². The molecule has 3 aliphatic rings. The molecule has 1 atom stereocenters. The number of amides is 1. The fourth-order valence-electron chi connectivity index (χ4n) is 4.64. The van der Waals surface area contributed by atoms with Gasteiger partial charge in [0, 0.05) is 23.7 Å². The van der Waals surface area contributed by atoms with Gasteiger partial charge in [0.1, 0.15) is 29.3 Å². The lowest BCUT2D eigenvalue weighted by Gasteiger charge is -2.61. The molecule has 0 saturated carbocycles. The maximum Gasteiger partial charge on any atom is 0.283 e. The Morgan fingerprint density at radius 3 is 2.63 bits per heavy atom. The second-order valence-electron chi connectivity index (χ2n) is 8.48. The summed E-state index contributed by atoms with van der Waals surface area (Å²) in [5, 5.41) is 6.71. The van der Waals surface area contributed by atoms with E-state index in [4.69, 9.17) is 29.5 Å². The zero-order valence-electron chi connectivity index (χ0n) is 17.2. The Bertz CT molecular complexity index is 1060. The highest BCUT2D eigenvalue weighted by Gasteiger charge is 2.71. The number of aromatic nitrogens is 1. The van der Waals surface area contributed by atoms with Crippen molar-refractivity contribution < 1.29 is 23.5 Å². The molecule has 9 heteroatoms. The van der Waals surface area contributed by atoms with Crippen molar-refractivity contribution in [2.45, 2.75) is 38.3 Å². The number of carbonyl (C=O) groups is 1. The lowest BCUT2D eigenvalue weighted by atomic mass is 9.55. The van der Waals surface area contributed by atoms with Gasteiger partial charge in [0.15, 0.2) is 5.69 Å². The van der Waals surface area contributed by atoms with Crippen LogP contribution in [-0.4, -0.2) is 42.5 Å². The Hall–Kier alpha value is -3.07. The zero-order valence-corrected chi connectivity index (χ0v) is 17.2. The number of aryl methyl sites for hydroxylation is 1. The van der Waals surface area contributed by atoms with Crippen LogP contribution in [0.25, 0.3) is 0 Å². The molecule has 4 heterocycles. The zero-order chi connectivity index (χ0) is 21.1. The van der Waals surface area contributed by atoms with Gasteiger partial charge in [-0.3, -0.25) is 4.79 Å². The fraction of sp³-hybridized carbons (Fsp3) is 0.476. The molecule has 0 bridgehead atoms. The van der Waals surface area contributed by atoms with Gasteiger partial charge in [-0.25, -0.2) is 4.99 Å². The second-order valence-corrected chi connectivity index (χ2v) is 8.48. The number of fused-ring (bicyclic) bond motifs is 3. The Balaban J connectivity index is 1.55. The number of hydrogen-bond acceptors (Lipinski definition) is 8. The summed E-state index contributed by atoms with van der Waals surface area (Å²) in [6, 6.07) is 7.28. The number of benzene rings is 1. The number of nitrogens with zero attached hydrogens (tertiary/aromatic N) is 2. The van der Waals surface area contributed by atoms with E-state index in [2.05, 4.69) is 10.5 Å². The molecule has 5 rings (SSSR count). The molecule has 0 radical (unpaired) electrons. The van der Waals surface area contributed by atoms with Crippen LogP contribution in [-0.2, 0) is 21.4 Å². The number of rotatable bonds is 3. The van der Waals surface area contributed by atoms with Crippen LogP contribution in [0.3, 0.4) is 0 Å². The molecule has 1 amide bonds. The molecule has 3 N–H and O–H groups in total. The summed E-state index contributed by atoms with van der Waals surface area (Å²) in [7, 11) is 0. The first-order valence-corrected chi connectivity index (χ1v) is 9.97. The molecule has 30 heavy (non-hydrogen) atoms. The van der Waals surface area contributed by atoms with Gasteiger partial charge in [-0.2, -0.15) is 0 Å². The van der Waals surface area contributed by atoms with Gasteiger partial charge < -0.3 is 29.8 Å². The number of hydrogen-bond donors (Lipinski definition) is 2. The van der Waals surface area contributed by atoms with Crippen LogP contribution >= 0.6 is 0 Å². The average molecular weight is 412 g/mol. The summed E-state index contributed by atoms with van der Waals surface area (Å²) >= 11 is 0. The largest absolute Gasteiger partial charge is 0.487 e. The van der Waals surface area contributed by atoms with Crippen LogP contribution in [0.1, 0.15) is 42.6 Å². The SMILES string of the molecule is CCc1cc(C(=O)Nc2ccc3c(c2)C2(COC(N)=N2)C2(COC2)C(C)(C)O3)no1. The van der Waals surface area contributed by atoms with Gasteiger partial charge >= 0.3 is 0 Å². The lowest BCUT2D eigenvalue weighted by Crippen LogP contribution is -2.71.